The number of amides is 1. The second-order valence-electron chi connectivity index (χ2n) is 9.47. The molecule has 0 spiro atoms. The summed E-state index contributed by atoms with van der Waals surface area (Å²) in [5.41, 5.74) is 1.46. The summed E-state index contributed by atoms with van der Waals surface area (Å²) in [5, 5.41) is 2.00. The SMILES string of the molecule is CCc1cn(-c2c(F)cc3c(=O)c(C(=O)N4CCOCC4)cn4c3c2Oc2cc3ccccc3cc2-4)cn1. The van der Waals surface area contributed by atoms with Crippen molar-refractivity contribution in [3.8, 4) is 22.9 Å². The Morgan fingerprint density at radius 1 is 1.08 bits per heavy atom. The van der Waals surface area contributed by atoms with Crippen LogP contribution in [0.4, 0.5) is 4.39 Å². The standard InChI is InChI=1S/C29H23FN4O4/c1-2-19-14-33(16-31-19)26-22(30)13-20-25-28(26)38-24-12-18-6-4-3-5-17(18)11-23(24)34(25)15-21(27(20)35)29(36)32-7-9-37-10-8-32/h3-6,11-16H,2,7-10H2,1H3. The Bertz CT molecular complexity index is 1830. The molecule has 2 aliphatic rings. The van der Waals surface area contributed by atoms with Gasteiger partial charge < -0.3 is 18.9 Å². The number of imidazole rings is 1. The minimum atomic E-state index is -0.642. The highest BCUT2D eigenvalue weighted by atomic mass is 19.1. The van der Waals surface area contributed by atoms with Gasteiger partial charge in [-0.1, -0.05) is 31.2 Å². The van der Waals surface area contributed by atoms with Crippen LogP contribution in [0.25, 0.3) is 33.1 Å². The quantitative estimate of drug-likeness (QED) is 0.348. The molecule has 0 N–H and O–H groups in total. The van der Waals surface area contributed by atoms with E-state index in [0.717, 1.165) is 16.5 Å². The monoisotopic (exact) mass is 510 g/mol. The van der Waals surface area contributed by atoms with E-state index in [4.69, 9.17) is 9.47 Å². The van der Waals surface area contributed by atoms with E-state index in [1.807, 2.05) is 43.3 Å². The van der Waals surface area contributed by atoms with E-state index < -0.39 is 17.2 Å². The summed E-state index contributed by atoms with van der Waals surface area (Å²) >= 11 is 0. The van der Waals surface area contributed by atoms with Crippen molar-refractivity contribution >= 4 is 27.6 Å². The molecule has 1 amide bonds. The number of pyridine rings is 1. The van der Waals surface area contributed by atoms with Crippen LogP contribution >= 0.6 is 0 Å². The first-order valence-corrected chi connectivity index (χ1v) is 12.6. The van der Waals surface area contributed by atoms with E-state index in [9.17, 15) is 9.59 Å². The molecule has 0 bridgehead atoms. The molecule has 0 radical (unpaired) electrons. The van der Waals surface area contributed by atoms with E-state index in [1.165, 1.54) is 12.4 Å². The average Bonchev–Trinajstić information content (AvgIpc) is 3.42. The number of benzene rings is 3. The maximum Gasteiger partial charge on any atom is 0.259 e. The number of fused-ring (bicyclic) bond motifs is 3. The fourth-order valence-corrected chi connectivity index (χ4v) is 5.29. The fraction of sp³-hybridized carbons (Fsp3) is 0.207. The second-order valence-corrected chi connectivity index (χ2v) is 9.47. The molecule has 0 unspecified atom stereocenters. The van der Waals surface area contributed by atoms with Gasteiger partial charge in [0.1, 0.15) is 16.8 Å². The minimum absolute atomic E-state index is 0.0191. The molecule has 38 heavy (non-hydrogen) atoms. The summed E-state index contributed by atoms with van der Waals surface area (Å²) in [5.74, 6) is -0.346. The first kappa shape index (κ1) is 22.7. The number of nitrogens with zero attached hydrogens (tertiary/aromatic N) is 4. The Hall–Kier alpha value is -4.50. The molecule has 2 aliphatic heterocycles. The number of ether oxygens (including phenoxy) is 2. The van der Waals surface area contributed by atoms with Crippen molar-refractivity contribution in [3.05, 3.63) is 88.5 Å². The third kappa shape index (κ3) is 3.35. The van der Waals surface area contributed by atoms with Gasteiger partial charge in [0.2, 0.25) is 5.43 Å². The molecule has 0 saturated carbocycles. The number of morpholine rings is 1. The molecule has 5 aromatic rings. The third-order valence-electron chi connectivity index (χ3n) is 7.25. The first-order chi connectivity index (χ1) is 18.5. The third-order valence-corrected chi connectivity index (χ3v) is 7.25. The second kappa shape index (κ2) is 8.53. The Kier molecular flexibility index (Phi) is 5.09. The Morgan fingerprint density at radius 2 is 1.84 bits per heavy atom. The summed E-state index contributed by atoms with van der Waals surface area (Å²) in [4.78, 5) is 33.1. The largest absolute Gasteiger partial charge is 0.451 e. The Labute approximate surface area is 216 Å². The van der Waals surface area contributed by atoms with Gasteiger partial charge in [-0.3, -0.25) is 14.2 Å². The predicted molar refractivity (Wildman–Crippen MR) is 140 cm³/mol. The van der Waals surface area contributed by atoms with Gasteiger partial charge in [-0.05, 0) is 35.4 Å². The molecule has 2 aromatic heterocycles. The molecule has 190 valence electrons. The van der Waals surface area contributed by atoms with Gasteiger partial charge >= 0.3 is 0 Å². The van der Waals surface area contributed by atoms with E-state index in [0.29, 0.717) is 49.7 Å². The van der Waals surface area contributed by atoms with Gasteiger partial charge in [0.25, 0.3) is 5.91 Å². The average molecular weight is 511 g/mol. The van der Waals surface area contributed by atoms with Crippen molar-refractivity contribution in [2.75, 3.05) is 26.3 Å². The first-order valence-electron chi connectivity index (χ1n) is 12.6. The van der Waals surface area contributed by atoms with Crippen molar-refractivity contribution in [2.24, 2.45) is 0 Å². The van der Waals surface area contributed by atoms with Crippen molar-refractivity contribution in [3.63, 3.8) is 0 Å². The van der Waals surface area contributed by atoms with Gasteiger partial charge in [-0.15, -0.1) is 0 Å². The van der Waals surface area contributed by atoms with Gasteiger partial charge in [0.05, 0.1) is 36.3 Å². The van der Waals surface area contributed by atoms with E-state index in [-0.39, 0.29) is 22.4 Å². The van der Waals surface area contributed by atoms with Gasteiger partial charge in [0.15, 0.2) is 17.3 Å². The van der Waals surface area contributed by atoms with Crippen LogP contribution in [0.1, 0.15) is 23.0 Å². The number of aryl methyl sites for hydroxylation is 1. The van der Waals surface area contributed by atoms with Crippen LogP contribution in [0.15, 0.2) is 66.0 Å². The smallest absolute Gasteiger partial charge is 0.259 e. The van der Waals surface area contributed by atoms with Crippen LogP contribution in [0.3, 0.4) is 0 Å². The van der Waals surface area contributed by atoms with Crippen molar-refractivity contribution in [1.29, 1.82) is 0 Å². The number of aromatic nitrogens is 3. The summed E-state index contributed by atoms with van der Waals surface area (Å²) in [7, 11) is 0. The van der Waals surface area contributed by atoms with Crippen molar-refractivity contribution in [2.45, 2.75) is 13.3 Å². The highest BCUT2D eigenvalue weighted by molar-refractivity contribution is 6.01. The number of hydrogen-bond donors (Lipinski definition) is 0. The van der Waals surface area contributed by atoms with Crippen LogP contribution in [0, 0.1) is 5.82 Å². The molecule has 0 aliphatic carbocycles. The minimum Gasteiger partial charge on any atom is -0.451 e. The lowest BCUT2D eigenvalue weighted by atomic mass is 10.0. The number of hydrogen-bond acceptors (Lipinski definition) is 5. The number of rotatable bonds is 3. The summed E-state index contributed by atoms with van der Waals surface area (Å²) in [6.45, 7) is 3.56. The molecule has 3 aromatic carbocycles. The summed E-state index contributed by atoms with van der Waals surface area (Å²) < 4.78 is 30.9. The highest BCUT2D eigenvalue weighted by Crippen LogP contribution is 2.45. The summed E-state index contributed by atoms with van der Waals surface area (Å²) in [6.07, 6.45) is 5.54. The number of carbonyl (C=O) groups excluding carboxylic acids is 1. The maximum atomic E-state index is 15.8. The zero-order valence-electron chi connectivity index (χ0n) is 20.6. The van der Waals surface area contributed by atoms with E-state index in [1.54, 1.807) is 26.4 Å². The zero-order chi connectivity index (χ0) is 26.0. The molecule has 7 rings (SSSR count). The topological polar surface area (TPSA) is 78.6 Å². The lowest BCUT2D eigenvalue weighted by Gasteiger charge is -2.29. The van der Waals surface area contributed by atoms with E-state index >= 15 is 4.39 Å². The van der Waals surface area contributed by atoms with Crippen LogP contribution in [0.5, 0.6) is 11.5 Å². The maximum absolute atomic E-state index is 15.8. The van der Waals surface area contributed by atoms with Gasteiger partial charge in [0, 0.05) is 25.5 Å². The van der Waals surface area contributed by atoms with Crippen LogP contribution < -0.4 is 10.2 Å². The molecular weight excluding hydrogens is 487 g/mol. The Balaban J connectivity index is 1.55. The molecule has 4 heterocycles. The summed E-state index contributed by atoms with van der Waals surface area (Å²) in [6, 6.07) is 12.9. The molecule has 8 nitrogen and oxygen atoms in total. The van der Waals surface area contributed by atoms with Crippen molar-refractivity contribution in [1.82, 2.24) is 19.0 Å². The molecule has 1 fully saturated rings. The lowest BCUT2D eigenvalue weighted by Crippen LogP contribution is -2.42. The van der Waals surface area contributed by atoms with E-state index in [2.05, 4.69) is 4.98 Å². The zero-order valence-corrected chi connectivity index (χ0v) is 20.6. The van der Waals surface area contributed by atoms with Crippen molar-refractivity contribution < 1.29 is 18.7 Å². The van der Waals surface area contributed by atoms with Crippen LogP contribution in [-0.2, 0) is 11.2 Å². The number of halogens is 1. The van der Waals surface area contributed by atoms with Crippen LogP contribution in [-0.4, -0.2) is 51.2 Å². The van der Waals surface area contributed by atoms with Gasteiger partial charge in [-0.25, -0.2) is 9.37 Å². The lowest BCUT2D eigenvalue weighted by molar-refractivity contribution is 0.0302. The normalized spacial score (nSPS) is 14.5. The number of carbonyl (C=O) groups is 1. The Morgan fingerprint density at radius 3 is 2.58 bits per heavy atom. The fourth-order valence-electron chi connectivity index (χ4n) is 5.29. The molecular formula is C29H23FN4O4. The van der Waals surface area contributed by atoms with Crippen LogP contribution in [0.2, 0.25) is 0 Å². The molecule has 0 atom stereocenters. The van der Waals surface area contributed by atoms with Gasteiger partial charge in [-0.2, -0.15) is 0 Å². The highest BCUT2D eigenvalue weighted by Gasteiger charge is 2.31. The molecule has 9 heteroatoms. The molecule has 1 saturated heterocycles. The predicted octanol–water partition coefficient (Wildman–Crippen LogP) is 4.61.